The van der Waals surface area contributed by atoms with Crippen LogP contribution in [0.4, 0.5) is 0 Å². The monoisotopic (exact) mass is 334 g/mol. The predicted molar refractivity (Wildman–Crippen MR) is 92.2 cm³/mol. The number of hydrogen-bond donors (Lipinski definition) is 0. The van der Waals surface area contributed by atoms with E-state index < -0.39 is 15.4 Å². The Kier molecular flexibility index (Phi) is 4.75. The van der Waals surface area contributed by atoms with Crippen molar-refractivity contribution in [2.24, 2.45) is 0 Å². The van der Waals surface area contributed by atoms with Gasteiger partial charge in [-0.15, -0.1) is 0 Å². The summed E-state index contributed by atoms with van der Waals surface area (Å²) in [6.45, 7) is 5.84. The number of amides is 1. The molecule has 5 nitrogen and oxygen atoms in total. The molecule has 0 radical (unpaired) electrons. The Morgan fingerprint density at radius 3 is 2.43 bits per heavy atom. The number of fused-ring (bicyclic) bond motifs is 1. The molecule has 2 aromatic rings. The number of nitrogens with zero attached hydrogens (tertiary/aromatic N) is 2. The Morgan fingerprint density at radius 2 is 1.83 bits per heavy atom. The van der Waals surface area contributed by atoms with Gasteiger partial charge in [-0.2, -0.15) is 0 Å². The molecule has 23 heavy (non-hydrogen) atoms. The van der Waals surface area contributed by atoms with Crippen molar-refractivity contribution in [3.05, 3.63) is 42.2 Å². The van der Waals surface area contributed by atoms with Crippen molar-refractivity contribution in [2.75, 3.05) is 18.6 Å². The molecule has 1 amide bonds. The van der Waals surface area contributed by atoms with Crippen molar-refractivity contribution in [3.63, 3.8) is 0 Å². The number of benzene rings is 1. The van der Waals surface area contributed by atoms with E-state index in [1.807, 2.05) is 45.0 Å². The lowest BCUT2D eigenvalue weighted by atomic mass is 10.0. The zero-order valence-electron chi connectivity index (χ0n) is 13.9. The van der Waals surface area contributed by atoms with Crippen LogP contribution in [0.3, 0.4) is 0 Å². The highest BCUT2D eigenvalue weighted by Crippen LogP contribution is 2.22. The van der Waals surface area contributed by atoms with Gasteiger partial charge in [-0.3, -0.25) is 9.78 Å². The molecule has 1 aromatic carbocycles. The number of carbonyl (C=O) groups excluding carboxylic acids is 1. The fraction of sp³-hybridized carbons (Fsp3) is 0.412. The quantitative estimate of drug-likeness (QED) is 0.861. The molecule has 0 aliphatic carbocycles. The summed E-state index contributed by atoms with van der Waals surface area (Å²) in [6.07, 6.45) is 4.44. The zero-order valence-corrected chi connectivity index (χ0v) is 14.7. The minimum absolute atomic E-state index is 0.0613. The molecule has 0 fully saturated rings. The van der Waals surface area contributed by atoms with Crippen LogP contribution in [0.1, 0.15) is 31.1 Å². The Hall–Kier alpha value is -1.95. The second-order valence-corrected chi connectivity index (χ2v) is 8.93. The summed E-state index contributed by atoms with van der Waals surface area (Å²) in [7, 11) is -3.15. The van der Waals surface area contributed by atoms with Crippen molar-refractivity contribution < 1.29 is 13.2 Å². The number of sulfone groups is 1. The number of rotatable bonds is 4. The van der Waals surface area contributed by atoms with Gasteiger partial charge in [-0.25, -0.2) is 8.42 Å². The minimum Gasteiger partial charge on any atom is -0.333 e. The SMILES string of the molecule is CC(C)(C)N(CCS(C)(=O)=O)C(=O)c1cncc2ccccc12. The Morgan fingerprint density at radius 1 is 1.17 bits per heavy atom. The largest absolute Gasteiger partial charge is 0.333 e. The molecular formula is C17H22N2O3S. The molecule has 0 saturated heterocycles. The molecule has 124 valence electrons. The van der Waals surface area contributed by atoms with Crippen molar-refractivity contribution in [3.8, 4) is 0 Å². The van der Waals surface area contributed by atoms with Gasteiger partial charge < -0.3 is 4.90 Å². The highest BCUT2D eigenvalue weighted by atomic mass is 32.2. The molecule has 0 unspecified atom stereocenters. The number of carbonyl (C=O) groups is 1. The molecule has 0 bridgehead atoms. The van der Waals surface area contributed by atoms with Gasteiger partial charge in [-0.05, 0) is 26.2 Å². The van der Waals surface area contributed by atoms with Crippen LogP contribution >= 0.6 is 0 Å². The smallest absolute Gasteiger partial charge is 0.256 e. The van der Waals surface area contributed by atoms with E-state index in [1.165, 1.54) is 6.26 Å². The summed E-state index contributed by atoms with van der Waals surface area (Å²) in [5.74, 6) is -0.265. The van der Waals surface area contributed by atoms with Crippen molar-refractivity contribution in [2.45, 2.75) is 26.3 Å². The molecule has 0 N–H and O–H groups in total. The van der Waals surface area contributed by atoms with Crippen molar-refractivity contribution in [1.29, 1.82) is 0 Å². The molecule has 0 spiro atoms. The molecule has 1 heterocycles. The summed E-state index contributed by atoms with van der Waals surface area (Å²) in [5.41, 5.74) is 0.00477. The molecule has 0 saturated carbocycles. The average molecular weight is 334 g/mol. The lowest BCUT2D eigenvalue weighted by Gasteiger charge is -2.35. The first kappa shape index (κ1) is 17.4. The van der Waals surface area contributed by atoms with Gasteiger partial charge in [0.1, 0.15) is 9.84 Å². The van der Waals surface area contributed by atoms with E-state index in [-0.39, 0.29) is 18.2 Å². The van der Waals surface area contributed by atoms with Crippen LogP contribution in [-0.2, 0) is 9.84 Å². The third-order valence-electron chi connectivity index (χ3n) is 3.64. The first-order chi connectivity index (χ1) is 10.6. The standard InChI is InChI=1S/C17H22N2O3S/c1-17(2,3)19(9-10-23(4,21)22)16(20)15-12-18-11-13-7-5-6-8-14(13)15/h5-8,11-12H,9-10H2,1-4H3. The van der Waals surface area contributed by atoms with Gasteiger partial charge in [0.05, 0.1) is 11.3 Å². The van der Waals surface area contributed by atoms with Gasteiger partial charge in [0.25, 0.3) is 5.91 Å². The molecule has 0 aliphatic rings. The summed E-state index contributed by atoms with van der Waals surface area (Å²) in [4.78, 5) is 18.7. The maximum atomic E-state index is 13.0. The zero-order chi connectivity index (χ0) is 17.3. The maximum absolute atomic E-state index is 13.0. The second-order valence-electron chi connectivity index (χ2n) is 6.67. The highest BCUT2D eigenvalue weighted by molar-refractivity contribution is 7.90. The topological polar surface area (TPSA) is 67.3 Å². The van der Waals surface area contributed by atoms with E-state index in [4.69, 9.17) is 0 Å². The number of pyridine rings is 1. The van der Waals surface area contributed by atoms with Gasteiger partial charge >= 0.3 is 0 Å². The van der Waals surface area contributed by atoms with Gasteiger partial charge in [0, 0.05) is 36.1 Å². The van der Waals surface area contributed by atoms with Gasteiger partial charge in [0.15, 0.2) is 0 Å². The summed E-state index contributed by atoms with van der Waals surface area (Å²) in [5, 5.41) is 1.71. The Labute approximate surface area is 137 Å². The molecular weight excluding hydrogens is 312 g/mol. The van der Waals surface area contributed by atoms with Crippen molar-refractivity contribution >= 4 is 26.5 Å². The number of aromatic nitrogens is 1. The number of hydrogen-bond acceptors (Lipinski definition) is 4. The third-order valence-corrected chi connectivity index (χ3v) is 4.56. The lowest BCUT2D eigenvalue weighted by molar-refractivity contribution is 0.0603. The summed E-state index contributed by atoms with van der Waals surface area (Å²) >= 11 is 0. The van der Waals surface area contributed by atoms with E-state index in [1.54, 1.807) is 17.3 Å². The molecule has 0 atom stereocenters. The van der Waals surface area contributed by atoms with Crippen LogP contribution in [0.2, 0.25) is 0 Å². The fourth-order valence-electron chi connectivity index (χ4n) is 2.43. The first-order valence-electron chi connectivity index (χ1n) is 7.42. The summed E-state index contributed by atoms with van der Waals surface area (Å²) < 4.78 is 23.0. The Balaban J connectivity index is 2.44. The molecule has 1 aromatic heterocycles. The van der Waals surface area contributed by atoms with E-state index in [9.17, 15) is 13.2 Å². The van der Waals surface area contributed by atoms with Crippen LogP contribution in [-0.4, -0.2) is 48.3 Å². The average Bonchev–Trinajstić information content (AvgIpc) is 2.44. The summed E-state index contributed by atoms with van der Waals surface area (Å²) in [6, 6.07) is 7.54. The lowest BCUT2D eigenvalue weighted by Crippen LogP contribution is -2.47. The van der Waals surface area contributed by atoms with E-state index in [0.717, 1.165) is 10.8 Å². The normalized spacial score (nSPS) is 12.3. The van der Waals surface area contributed by atoms with Crippen molar-refractivity contribution in [1.82, 2.24) is 9.88 Å². The second kappa shape index (κ2) is 6.28. The van der Waals surface area contributed by atoms with Crippen LogP contribution in [0.25, 0.3) is 10.8 Å². The van der Waals surface area contributed by atoms with Gasteiger partial charge in [-0.1, -0.05) is 24.3 Å². The first-order valence-corrected chi connectivity index (χ1v) is 9.48. The van der Waals surface area contributed by atoms with Gasteiger partial charge in [0.2, 0.25) is 0 Å². The highest BCUT2D eigenvalue weighted by Gasteiger charge is 2.29. The third kappa shape index (κ3) is 4.28. The van der Waals surface area contributed by atoms with E-state index >= 15 is 0 Å². The van der Waals surface area contributed by atoms with Crippen LogP contribution in [0.5, 0.6) is 0 Å². The molecule has 2 rings (SSSR count). The van der Waals surface area contributed by atoms with Crippen LogP contribution in [0, 0.1) is 0 Å². The maximum Gasteiger partial charge on any atom is 0.256 e. The predicted octanol–water partition coefficient (Wildman–Crippen LogP) is 2.52. The van der Waals surface area contributed by atoms with E-state index in [2.05, 4.69) is 4.98 Å². The molecule has 0 aliphatic heterocycles. The Bertz CT molecular complexity index is 818. The minimum atomic E-state index is -3.15. The van der Waals surface area contributed by atoms with E-state index in [0.29, 0.717) is 5.56 Å². The fourth-order valence-corrected chi connectivity index (χ4v) is 2.95. The molecule has 6 heteroatoms. The van der Waals surface area contributed by atoms with Crippen LogP contribution < -0.4 is 0 Å². The van der Waals surface area contributed by atoms with Crippen LogP contribution in [0.15, 0.2) is 36.7 Å².